The first kappa shape index (κ1) is 18.8. The van der Waals surface area contributed by atoms with Crippen LogP contribution in [0.25, 0.3) is 0 Å². The van der Waals surface area contributed by atoms with Crippen LogP contribution in [0.1, 0.15) is 32.6 Å². The van der Waals surface area contributed by atoms with Gasteiger partial charge in [0.2, 0.25) is 11.8 Å². The van der Waals surface area contributed by atoms with Crippen LogP contribution >= 0.6 is 0 Å². The molecule has 2 amide bonds. The highest BCUT2D eigenvalue weighted by atomic mass is 16.5. The Morgan fingerprint density at radius 1 is 1.28 bits per heavy atom. The lowest BCUT2D eigenvalue weighted by molar-refractivity contribution is -0.139. The molecule has 25 heavy (non-hydrogen) atoms. The molecule has 1 aliphatic rings. The maximum absolute atomic E-state index is 12.4. The van der Waals surface area contributed by atoms with E-state index in [4.69, 9.17) is 9.84 Å². The third-order valence-corrected chi connectivity index (χ3v) is 4.09. The molecule has 0 saturated carbocycles. The van der Waals surface area contributed by atoms with Gasteiger partial charge in [-0.1, -0.05) is 6.92 Å². The Balaban J connectivity index is 1.88. The van der Waals surface area contributed by atoms with Crippen LogP contribution in [-0.2, 0) is 14.4 Å². The minimum absolute atomic E-state index is 0.104. The number of amides is 2. The quantitative estimate of drug-likeness (QED) is 0.787. The van der Waals surface area contributed by atoms with Crippen LogP contribution in [0.2, 0.25) is 0 Å². The van der Waals surface area contributed by atoms with E-state index in [9.17, 15) is 14.4 Å². The Hall–Kier alpha value is -2.57. The van der Waals surface area contributed by atoms with Crippen LogP contribution in [0, 0.1) is 5.92 Å². The number of hydrogen-bond acceptors (Lipinski definition) is 4. The van der Waals surface area contributed by atoms with Gasteiger partial charge in [0.15, 0.2) is 6.61 Å². The number of carbonyl (C=O) groups excluding carboxylic acids is 2. The second-order valence-corrected chi connectivity index (χ2v) is 6.12. The molecule has 1 fully saturated rings. The van der Waals surface area contributed by atoms with Crippen molar-refractivity contribution in [3.05, 3.63) is 24.3 Å². The van der Waals surface area contributed by atoms with Crippen molar-refractivity contribution in [1.29, 1.82) is 0 Å². The number of nitrogens with one attached hydrogen (secondary N) is 1. The van der Waals surface area contributed by atoms with E-state index in [-0.39, 0.29) is 17.7 Å². The lowest BCUT2D eigenvalue weighted by atomic mass is 9.96. The first-order chi connectivity index (χ1) is 12.0. The molecular formula is C18H24N2O5. The van der Waals surface area contributed by atoms with E-state index < -0.39 is 12.6 Å². The summed E-state index contributed by atoms with van der Waals surface area (Å²) in [5.41, 5.74) is 0.615. The highest BCUT2D eigenvalue weighted by molar-refractivity contribution is 5.93. The van der Waals surface area contributed by atoms with Gasteiger partial charge in [-0.3, -0.25) is 9.59 Å². The highest BCUT2D eigenvalue weighted by Crippen LogP contribution is 2.21. The van der Waals surface area contributed by atoms with Gasteiger partial charge in [-0.05, 0) is 43.5 Å². The fourth-order valence-electron chi connectivity index (χ4n) is 2.81. The van der Waals surface area contributed by atoms with Gasteiger partial charge in [0.25, 0.3) is 0 Å². The molecule has 0 spiro atoms. The molecule has 1 aliphatic heterocycles. The average molecular weight is 348 g/mol. The Kier molecular flexibility index (Phi) is 6.80. The van der Waals surface area contributed by atoms with Crippen LogP contribution < -0.4 is 10.1 Å². The molecule has 1 saturated heterocycles. The molecule has 0 aliphatic carbocycles. The molecule has 1 aromatic rings. The summed E-state index contributed by atoms with van der Waals surface area (Å²) in [5.74, 6) is -0.822. The Bertz CT molecular complexity index is 614. The van der Waals surface area contributed by atoms with E-state index >= 15 is 0 Å². The van der Waals surface area contributed by atoms with Crippen LogP contribution in [0.3, 0.4) is 0 Å². The number of carbonyl (C=O) groups is 3. The van der Waals surface area contributed by atoms with E-state index in [1.54, 1.807) is 29.2 Å². The zero-order valence-electron chi connectivity index (χ0n) is 14.4. The predicted octanol–water partition coefficient (Wildman–Crippen LogP) is 2.13. The van der Waals surface area contributed by atoms with Gasteiger partial charge in [0.1, 0.15) is 5.75 Å². The van der Waals surface area contributed by atoms with Crippen molar-refractivity contribution in [1.82, 2.24) is 4.90 Å². The van der Waals surface area contributed by atoms with E-state index in [1.165, 1.54) is 0 Å². The summed E-state index contributed by atoms with van der Waals surface area (Å²) in [6.07, 6.45) is 2.92. The number of anilines is 1. The van der Waals surface area contributed by atoms with Gasteiger partial charge < -0.3 is 20.1 Å². The number of benzene rings is 1. The van der Waals surface area contributed by atoms with Gasteiger partial charge in [0.05, 0.1) is 5.92 Å². The number of hydrogen-bond donors (Lipinski definition) is 2. The summed E-state index contributed by atoms with van der Waals surface area (Å²) in [6.45, 7) is 2.74. The molecule has 7 nitrogen and oxygen atoms in total. The third kappa shape index (κ3) is 5.77. The second-order valence-electron chi connectivity index (χ2n) is 6.12. The lowest BCUT2D eigenvalue weighted by Gasteiger charge is -2.32. The molecule has 1 unspecified atom stereocenters. The second kappa shape index (κ2) is 9.05. The Labute approximate surface area is 147 Å². The van der Waals surface area contributed by atoms with Crippen molar-refractivity contribution in [3.63, 3.8) is 0 Å². The molecule has 0 radical (unpaired) electrons. The van der Waals surface area contributed by atoms with Gasteiger partial charge in [0, 0.05) is 25.2 Å². The normalized spacial score (nSPS) is 17.0. The molecule has 2 rings (SSSR count). The monoisotopic (exact) mass is 348 g/mol. The fourth-order valence-corrected chi connectivity index (χ4v) is 2.81. The molecule has 0 bridgehead atoms. The largest absolute Gasteiger partial charge is 0.482 e. The van der Waals surface area contributed by atoms with Crippen molar-refractivity contribution in [3.8, 4) is 5.75 Å². The number of nitrogens with zero attached hydrogens (tertiary/aromatic N) is 1. The van der Waals surface area contributed by atoms with Crippen LogP contribution in [0.15, 0.2) is 24.3 Å². The predicted molar refractivity (Wildman–Crippen MR) is 92.4 cm³/mol. The summed E-state index contributed by atoms with van der Waals surface area (Å²) < 4.78 is 5.05. The molecular weight excluding hydrogens is 324 g/mol. The van der Waals surface area contributed by atoms with Crippen LogP contribution in [0.5, 0.6) is 5.75 Å². The number of carboxylic acid groups (broad SMARTS) is 1. The zero-order chi connectivity index (χ0) is 18.2. The lowest BCUT2D eigenvalue weighted by Crippen LogP contribution is -2.43. The SMILES string of the molecule is CCCC(=O)N1CCCC(C(=O)Nc2ccc(OCC(=O)O)cc2)C1. The smallest absolute Gasteiger partial charge is 0.341 e. The maximum atomic E-state index is 12.4. The molecule has 2 N–H and O–H groups in total. The number of ether oxygens (including phenoxy) is 1. The number of piperidine rings is 1. The standard InChI is InChI=1S/C18H24N2O5/c1-2-4-16(21)20-10-3-5-13(11-20)18(24)19-14-6-8-15(9-7-14)25-12-17(22)23/h6-9,13H,2-5,10-12H2,1H3,(H,19,24)(H,22,23). The molecule has 7 heteroatoms. The van der Waals surface area contributed by atoms with E-state index in [0.29, 0.717) is 24.4 Å². The summed E-state index contributed by atoms with van der Waals surface area (Å²) in [6, 6.07) is 6.54. The van der Waals surface area contributed by atoms with Gasteiger partial charge in [-0.2, -0.15) is 0 Å². The molecule has 1 atom stereocenters. The number of aliphatic carboxylic acids is 1. The van der Waals surface area contributed by atoms with Crippen LogP contribution in [0.4, 0.5) is 5.69 Å². The van der Waals surface area contributed by atoms with Gasteiger partial charge in [-0.15, -0.1) is 0 Å². The first-order valence-corrected chi connectivity index (χ1v) is 8.53. The Morgan fingerprint density at radius 3 is 2.64 bits per heavy atom. The van der Waals surface area contributed by atoms with Crippen molar-refractivity contribution < 1.29 is 24.2 Å². The number of rotatable bonds is 7. The average Bonchev–Trinajstić information content (AvgIpc) is 2.61. The molecule has 136 valence electrons. The highest BCUT2D eigenvalue weighted by Gasteiger charge is 2.28. The number of carboxylic acids is 1. The topological polar surface area (TPSA) is 95.9 Å². The molecule has 0 aromatic heterocycles. The zero-order valence-corrected chi connectivity index (χ0v) is 14.4. The van der Waals surface area contributed by atoms with Gasteiger partial charge >= 0.3 is 5.97 Å². The van der Waals surface area contributed by atoms with Gasteiger partial charge in [-0.25, -0.2) is 4.79 Å². The van der Waals surface area contributed by atoms with Crippen molar-refractivity contribution in [2.75, 3.05) is 25.0 Å². The van der Waals surface area contributed by atoms with Crippen molar-refractivity contribution in [2.24, 2.45) is 5.92 Å². The van der Waals surface area contributed by atoms with Crippen LogP contribution in [-0.4, -0.2) is 47.5 Å². The maximum Gasteiger partial charge on any atom is 0.341 e. The summed E-state index contributed by atoms with van der Waals surface area (Å²) in [7, 11) is 0. The first-order valence-electron chi connectivity index (χ1n) is 8.53. The minimum atomic E-state index is -1.04. The van der Waals surface area contributed by atoms with E-state index in [1.807, 2.05) is 6.92 Å². The van der Waals surface area contributed by atoms with Crippen molar-refractivity contribution in [2.45, 2.75) is 32.6 Å². The summed E-state index contributed by atoms with van der Waals surface area (Å²) in [4.78, 5) is 36.7. The minimum Gasteiger partial charge on any atom is -0.482 e. The summed E-state index contributed by atoms with van der Waals surface area (Å²) >= 11 is 0. The third-order valence-electron chi connectivity index (χ3n) is 4.09. The van der Waals surface area contributed by atoms with Crippen molar-refractivity contribution >= 4 is 23.5 Å². The molecule has 1 aromatic carbocycles. The van der Waals surface area contributed by atoms with E-state index in [2.05, 4.69) is 5.32 Å². The summed E-state index contributed by atoms with van der Waals surface area (Å²) in [5, 5.41) is 11.4. The number of likely N-dealkylation sites (tertiary alicyclic amines) is 1. The fraction of sp³-hybridized carbons (Fsp3) is 0.500. The Morgan fingerprint density at radius 2 is 2.00 bits per heavy atom. The van der Waals surface area contributed by atoms with E-state index in [0.717, 1.165) is 25.8 Å². The molecule has 1 heterocycles.